The average Bonchev–Trinajstić information content (AvgIpc) is 2.46. The lowest BCUT2D eigenvalue weighted by Gasteiger charge is -2.42. The number of methoxy groups -OCH3 is 2. The van der Waals surface area contributed by atoms with Gasteiger partial charge >= 0.3 is 0 Å². The van der Waals surface area contributed by atoms with Crippen molar-refractivity contribution in [2.45, 2.75) is 63.6 Å². The molecule has 1 heterocycles. The maximum Gasteiger partial charge on any atom is 0.236 e. The molecule has 4 N–H and O–H groups in total. The Bertz CT molecular complexity index is 354. The largest absolute Gasteiger partial charge is 0.385 e. The van der Waals surface area contributed by atoms with Crippen LogP contribution >= 0.6 is 0 Å². The summed E-state index contributed by atoms with van der Waals surface area (Å²) >= 11 is 0. The summed E-state index contributed by atoms with van der Waals surface area (Å²) in [5, 5.41) is 13.0. The normalized spacial score (nSPS) is 35.0. The van der Waals surface area contributed by atoms with E-state index in [2.05, 4.69) is 5.32 Å². The van der Waals surface area contributed by atoms with E-state index in [1.165, 1.54) is 14.2 Å². The average molecular weight is 320 g/mol. The summed E-state index contributed by atoms with van der Waals surface area (Å²) in [6.45, 7) is 5.39. The molecule has 1 aliphatic heterocycles. The highest BCUT2D eigenvalue weighted by atomic mass is 16.7. The molecule has 130 valence electrons. The van der Waals surface area contributed by atoms with Gasteiger partial charge in [0, 0.05) is 20.3 Å². The van der Waals surface area contributed by atoms with E-state index >= 15 is 0 Å². The molecule has 8 nitrogen and oxygen atoms in total. The van der Waals surface area contributed by atoms with Crippen molar-refractivity contribution in [2.24, 2.45) is 5.73 Å². The van der Waals surface area contributed by atoms with Gasteiger partial charge in [-0.05, 0) is 20.8 Å². The first-order valence-corrected chi connectivity index (χ1v) is 7.38. The van der Waals surface area contributed by atoms with Crippen LogP contribution in [-0.2, 0) is 23.7 Å². The van der Waals surface area contributed by atoms with Crippen LogP contribution in [0.3, 0.4) is 0 Å². The van der Waals surface area contributed by atoms with E-state index in [4.69, 9.17) is 24.7 Å². The Morgan fingerprint density at radius 1 is 1.32 bits per heavy atom. The Morgan fingerprint density at radius 3 is 2.41 bits per heavy atom. The quantitative estimate of drug-likeness (QED) is 0.551. The highest BCUT2D eigenvalue weighted by molar-refractivity contribution is 5.81. The summed E-state index contributed by atoms with van der Waals surface area (Å²) in [6, 6.07) is -0.843. The van der Waals surface area contributed by atoms with E-state index in [1.54, 1.807) is 13.8 Å². The minimum atomic E-state index is -0.984. The second-order valence-corrected chi connectivity index (χ2v) is 5.63. The van der Waals surface area contributed by atoms with Crippen LogP contribution in [0.5, 0.6) is 0 Å². The van der Waals surface area contributed by atoms with Gasteiger partial charge in [-0.3, -0.25) is 4.79 Å². The molecular weight excluding hydrogens is 292 g/mol. The molecule has 0 spiro atoms. The van der Waals surface area contributed by atoms with Crippen LogP contribution in [0.25, 0.3) is 0 Å². The third-order valence-corrected chi connectivity index (χ3v) is 3.61. The first-order valence-electron chi connectivity index (χ1n) is 7.38. The molecule has 0 aliphatic carbocycles. The maximum absolute atomic E-state index is 11.5. The Kier molecular flexibility index (Phi) is 7.67. The lowest BCUT2D eigenvalue weighted by molar-refractivity contribution is -0.301. The molecule has 0 aromatic carbocycles. The predicted octanol–water partition coefficient (Wildman–Crippen LogP) is -1.01. The number of rotatable bonds is 7. The summed E-state index contributed by atoms with van der Waals surface area (Å²) in [6.07, 6.45) is -3.05. The van der Waals surface area contributed by atoms with Crippen LogP contribution in [-0.4, -0.2) is 74.6 Å². The van der Waals surface area contributed by atoms with Crippen molar-refractivity contribution in [3.63, 3.8) is 0 Å². The van der Waals surface area contributed by atoms with Crippen molar-refractivity contribution in [1.82, 2.24) is 5.32 Å². The third-order valence-electron chi connectivity index (χ3n) is 3.61. The second-order valence-electron chi connectivity index (χ2n) is 5.63. The Labute approximate surface area is 131 Å². The van der Waals surface area contributed by atoms with Gasteiger partial charge < -0.3 is 35.1 Å². The number of nitrogens with two attached hydrogens (primary N) is 1. The number of hydrogen-bond acceptors (Lipinski definition) is 7. The van der Waals surface area contributed by atoms with Crippen LogP contribution in [0.15, 0.2) is 0 Å². The van der Waals surface area contributed by atoms with Gasteiger partial charge in [0.15, 0.2) is 6.29 Å². The van der Waals surface area contributed by atoms with Crippen LogP contribution < -0.4 is 11.1 Å². The van der Waals surface area contributed by atoms with E-state index in [9.17, 15) is 9.90 Å². The minimum Gasteiger partial charge on any atom is -0.385 e. The van der Waals surface area contributed by atoms with E-state index in [-0.39, 0.29) is 30.8 Å². The first-order chi connectivity index (χ1) is 10.3. The molecule has 1 amide bonds. The van der Waals surface area contributed by atoms with Crippen molar-refractivity contribution >= 4 is 5.91 Å². The molecule has 1 rings (SSSR count). The van der Waals surface area contributed by atoms with Crippen molar-refractivity contribution in [1.29, 1.82) is 0 Å². The number of aliphatic hydroxyl groups is 1. The molecule has 0 saturated carbocycles. The zero-order valence-electron chi connectivity index (χ0n) is 13.8. The van der Waals surface area contributed by atoms with Gasteiger partial charge in [0.2, 0.25) is 5.91 Å². The number of aliphatic hydroxyl groups excluding tert-OH is 1. The monoisotopic (exact) mass is 320 g/mol. The van der Waals surface area contributed by atoms with E-state index in [1.807, 2.05) is 6.92 Å². The van der Waals surface area contributed by atoms with Gasteiger partial charge in [0.25, 0.3) is 0 Å². The molecule has 7 atom stereocenters. The number of amides is 1. The molecule has 0 bridgehead atoms. The summed E-state index contributed by atoms with van der Waals surface area (Å²) < 4.78 is 21.8. The SMILES string of the molecule is CO[C@@H]1[C@@H](OC)[C@@H](O)[C@H](OC[C@H](C)NC(=O)[C@@H](C)N)O[C@H]1C. The van der Waals surface area contributed by atoms with Crippen molar-refractivity contribution < 1.29 is 28.8 Å². The Balaban J connectivity index is 2.53. The van der Waals surface area contributed by atoms with Gasteiger partial charge in [-0.1, -0.05) is 0 Å². The highest BCUT2D eigenvalue weighted by Gasteiger charge is 2.44. The molecule has 0 unspecified atom stereocenters. The van der Waals surface area contributed by atoms with Gasteiger partial charge in [-0.25, -0.2) is 0 Å². The van der Waals surface area contributed by atoms with Gasteiger partial charge in [0.1, 0.15) is 18.3 Å². The van der Waals surface area contributed by atoms with E-state index in [0.29, 0.717) is 0 Å². The summed E-state index contributed by atoms with van der Waals surface area (Å²) in [7, 11) is 3.04. The molecule has 0 aromatic rings. The van der Waals surface area contributed by atoms with Gasteiger partial charge in [0.05, 0.1) is 18.8 Å². The summed E-state index contributed by atoms with van der Waals surface area (Å²) in [5.41, 5.74) is 5.48. The Morgan fingerprint density at radius 2 is 1.91 bits per heavy atom. The molecule has 22 heavy (non-hydrogen) atoms. The fraction of sp³-hybridized carbons (Fsp3) is 0.929. The molecule has 0 radical (unpaired) electrons. The number of nitrogens with one attached hydrogen (secondary N) is 1. The summed E-state index contributed by atoms with van der Waals surface area (Å²) in [4.78, 5) is 11.5. The van der Waals surface area contributed by atoms with Crippen molar-refractivity contribution in [2.75, 3.05) is 20.8 Å². The van der Waals surface area contributed by atoms with E-state index < -0.39 is 24.5 Å². The molecule has 1 aliphatic rings. The van der Waals surface area contributed by atoms with Gasteiger partial charge in [-0.15, -0.1) is 0 Å². The minimum absolute atomic E-state index is 0.182. The number of hydrogen-bond donors (Lipinski definition) is 3. The molecule has 8 heteroatoms. The molecule has 1 saturated heterocycles. The maximum atomic E-state index is 11.5. The van der Waals surface area contributed by atoms with Crippen LogP contribution in [0.4, 0.5) is 0 Å². The molecule has 1 fully saturated rings. The zero-order chi connectivity index (χ0) is 16.9. The van der Waals surface area contributed by atoms with Crippen molar-refractivity contribution in [3.8, 4) is 0 Å². The first kappa shape index (κ1) is 19.3. The lowest BCUT2D eigenvalue weighted by atomic mass is 9.99. The predicted molar refractivity (Wildman–Crippen MR) is 79.1 cm³/mol. The fourth-order valence-electron chi connectivity index (χ4n) is 2.38. The number of ether oxygens (including phenoxy) is 4. The standard InChI is InChI=1S/C14H28N2O6/c1-7(16-13(18)8(2)15)6-21-14-10(17)12(20-5)11(19-4)9(3)22-14/h7-12,14,17H,6,15H2,1-5H3,(H,16,18)/t7-,8+,9-,10+,11-,12-,14+/m0/s1. The fourth-order valence-corrected chi connectivity index (χ4v) is 2.38. The molecular formula is C14H28N2O6. The van der Waals surface area contributed by atoms with Gasteiger partial charge in [-0.2, -0.15) is 0 Å². The molecule has 0 aromatic heterocycles. The van der Waals surface area contributed by atoms with Crippen LogP contribution in [0, 0.1) is 0 Å². The summed E-state index contributed by atoms with van der Waals surface area (Å²) in [5.74, 6) is -0.260. The third kappa shape index (κ3) is 4.87. The van der Waals surface area contributed by atoms with Crippen LogP contribution in [0.1, 0.15) is 20.8 Å². The Hall–Kier alpha value is -0.770. The lowest BCUT2D eigenvalue weighted by Crippen LogP contribution is -2.59. The number of carbonyl (C=O) groups is 1. The smallest absolute Gasteiger partial charge is 0.236 e. The zero-order valence-corrected chi connectivity index (χ0v) is 13.8. The van der Waals surface area contributed by atoms with E-state index in [0.717, 1.165) is 0 Å². The highest BCUT2D eigenvalue weighted by Crippen LogP contribution is 2.25. The van der Waals surface area contributed by atoms with Crippen molar-refractivity contribution in [3.05, 3.63) is 0 Å². The van der Waals surface area contributed by atoms with Crippen LogP contribution in [0.2, 0.25) is 0 Å². The topological polar surface area (TPSA) is 112 Å². The second kappa shape index (κ2) is 8.76. The number of carbonyl (C=O) groups excluding carboxylic acids is 1.